The van der Waals surface area contributed by atoms with Crippen LogP contribution in [0.3, 0.4) is 0 Å². The monoisotopic (exact) mass is 473 g/mol. The van der Waals surface area contributed by atoms with Gasteiger partial charge in [-0.15, -0.1) is 0 Å². The fourth-order valence-corrected chi connectivity index (χ4v) is 4.55. The van der Waals surface area contributed by atoms with Crippen molar-refractivity contribution in [1.29, 1.82) is 0 Å². The number of likely N-dealkylation sites (tertiary alicyclic amines) is 1. The molecule has 34 heavy (non-hydrogen) atoms. The predicted octanol–water partition coefficient (Wildman–Crippen LogP) is 3.46. The third kappa shape index (κ3) is 10.7. The molecule has 190 valence electrons. The average Bonchev–Trinajstić information content (AvgIpc) is 3.26. The quantitative estimate of drug-likeness (QED) is 0.301. The Balaban J connectivity index is 1.77. The van der Waals surface area contributed by atoms with Crippen LogP contribution in [0.4, 0.5) is 0 Å². The lowest BCUT2D eigenvalue weighted by atomic mass is 10.0. The minimum Gasteiger partial charge on any atom is -0.466 e. The first-order valence-corrected chi connectivity index (χ1v) is 12.9. The fraction of sp³-hybridized carbons (Fsp3) is 0.667. The summed E-state index contributed by atoms with van der Waals surface area (Å²) in [5.41, 5.74) is 1.33. The van der Waals surface area contributed by atoms with Crippen molar-refractivity contribution in [2.24, 2.45) is 5.92 Å². The van der Waals surface area contributed by atoms with E-state index in [1.54, 1.807) is 6.92 Å². The van der Waals surface area contributed by atoms with Crippen LogP contribution in [0.15, 0.2) is 30.3 Å². The van der Waals surface area contributed by atoms with Crippen molar-refractivity contribution in [2.75, 3.05) is 26.2 Å². The van der Waals surface area contributed by atoms with Crippen molar-refractivity contribution in [2.45, 2.75) is 84.2 Å². The van der Waals surface area contributed by atoms with Gasteiger partial charge in [0.15, 0.2) is 0 Å². The second-order valence-corrected chi connectivity index (χ2v) is 9.59. The first-order chi connectivity index (χ1) is 16.4. The number of benzene rings is 1. The molecule has 1 fully saturated rings. The number of amides is 2. The molecule has 2 rings (SSSR count). The van der Waals surface area contributed by atoms with Crippen molar-refractivity contribution in [3.63, 3.8) is 0 Å². The second-order valence-electron chi connectivity index (χ2n) is 9.59. The predicted molar refractivity (Wildman–Crippen MR) is 134 cm³/mol. The van der Waals surface area contributed by atoms with E-state index < -0.39 is 0 Å². The normalized spacial score (nSPS) is 16.9. The molecule has 7 heteroatoms. The molecule has 0 unspecified atom stereocenters. The van der Waals surface area contributed by atoms with Gasteiger partial charge in [-0.25, -0.2) is 0 Å². The SMILES string of the molecule is CCOC(=O)CCC(=O)N[C@H](CC(C)C)CN1CCC[C@H]1C(=O)NCCCCc1ccccc1. The summed E-state index contributed by atoms with van der Waals surface area (Å²) in [6.07, 6.45) is 5.91. The molecule has 2 amide bonds. The molecule has 2 N–H and O–H groups in total. The highest BCUT2D eigenvalue weighted by Crippen LogP contribution is 2.19. The van der Waals surface area contributed by atoms with Crippen LogP contribution in [-0.2, 0) is 25.5 Å². The zero-order chi connectivity index (χ0) is 24.8. The highest BCUT2D eigenvalue weighted by molar-refractivity contribution is 5.82. The number of carbonyl (C=O) groups excluding carboxylic acids is 3. The maximum atomic E-state index is 12.9. The second kappa shape index (κ2) is 15.5. The molecule has 1 saturated heterocycles. The maximum Gasteiger partial charge on any atom is 0.306 e. The topological polar surface area (TPSA) is 87.7 Å². The number of aryl methyl sites for hydroxylation is 1. The van der Waals surface area contributed by atoms with Crippen LogP contribution < -0.4 is 10.6 Å². The van der Waals surface area contributed by atoms with E-state index in [1.165, 1.54) is 5.56 Å². The molecule has 0 aliphatic carbocycles. The molecule has 0 bridgehead atoms. The summed E-state index contributed by atoms with van der Waals surface area (Å²) in [4.78, 5) is 39.0. The molecule has 1 heterocycles. The minimum absolute atomic E-state index is 0.0473. The lowest BCUT2D eigenvalue weighted by molar-refractivity contribution is -0.144. The molecular formula is C27H43N3O4. The van der Waals surface area contributed by atoms with Gasteiger partial charge in [0.2, 0.25) is 11.8 Å². The lowest BCUT2D eigenvalue weighted by Crippen LogP contribution is -2.50. The number of hydrogen-bond donors (Lipinski definition) is 2. The van der Waals surface area contributed by atoms with Crippen LogP contribution in [0.5, 0.6) is 0 Å². The number of nitrogens with zero attached hydrogens (tertiary/aromatic N) is 1. The molecule has 0 aromatic heterocycles. The van der Waals surface area contributed by atoms with Crippen LogP contribution in [0, 0.1) is 5.92 Å². The Labute approximate surface area is 205 Å². The van der Waals surface area contributed by atoms with E-state index in [2.05, 4.69) is 53.6 Å². The largest absolute Gasteiger partial charge is 0.466 e. The van der Waals surface area contributed by atoms with Gasteiger partial charge in [0.05, 0.1) is 19.1 Å². The number of ether oxygens (including phenoxy) is 1. The number of rotatable bonds is 15. The molecule has 0 radical (unpaired) electrons. The van der Waals surface area contributed by atoms with E-state index in [0.29, 0.717) is 25.6 Å². The summed E-state index contributed by atoms with van der Waals surface area (Å²) < 4.78 is 4.91. The zero-order valence-corrected chi connectivity index (χ0v) is 21.2. The standard InChI is InChI=1S/C27H43N3O4/c1-4-34-26(32)16-15-25(31)29-23(19-21(2)3)20-30-18-10-14-24(30)27(33)28-17-9-8-13-22-11-6-5-7-12-22/h5-7,11-12,21,23-24H,4,8-10,13-20H2,1-3H3,(H,28,33)(H,29,31)/t23-,24+/m1/s1. The van der Waals surface area contributed by atoms with E-state index in [-0.39, 0.29) is 42.7 Å². The highest BCUT2D eigenvalue weighted by Gasteiger charge is 2.32. The minimum atomic E-state index is -0.349. The third-order valence-electron chi connectivity index (χ3n) is 6.14. The zero-order valence-electron chi connectivity index (χ0n) is 21.2. The van der Waals surface area contributed by atoms with Gasteiger partial charge in [-0.1, -0.05) is 44.2 Å². The highest BCUT2D eigenvalue weighted by atomic mass is 16.5. The Morgan fingerprint density at radius 3 is 2.59 bits per heavy atom. The molecule has 1 aromatic carbocycles. The van der Waals surface area contributed by atoms with Crippen LogP contribution in [-0.4, -0.2) is 61.0 Å². The van der Waals surface area contributed by atoms with Gasteiger partial charge in [-0.2, -0.15) is 0 Å². The van der Waals surface area contributed by atoms with Gasteiger partial charge in [0.1, 0.15) is 0 Å². The Kier molecular flexibility index (Phi) is 12.7. The van der Waals surface area contributed by atoms with Gasteiger partial charge in [-0.05, 0) is 63.5 Å². The molecule has 1 aliphatic heterocycles. The first kappa shape index (κ1) is 27.8. The molecule has 0 spiro atoms. The first-order valence-electron chi connectivity index (χ1n) is 12.9. The van der Waals surface area contributed by atoms with E-state index in [0.717, 1.165) is 45.1 Å². The lowest BCUT2D eigenvalue weighted by Gasteiger charge is -2.30. The summed E-state index contributed by atoms with van der Waals surface area (Å²) in [7, 11) is 0. The van der Waals surface area contributed by atoms with Gasteiger partial charge in [0, 0.05) is 25.6 Å². The maximum absolute atomic E-state index is 12.9. The Bertz CT molecular complexity index is 754. The number of nitrogens with one attached hydrogen (secondary N) is 2. The Hall–Kier alpha value is -2.41. The number of esters is 1. The van der Waals surface area contributed by atoms with Crippen LogP contribution >= 0.6 is 0 Å². The molecule has 1 aliphatic rings. The molecule has 0 saturated carbocycles. The average molecular weight is 474 g/mol. The van der Waals surface area contributed by atoms with Crippen LogP contribution in [0.25, 0.3) is 0 Å². The van der Waals surface area contributed by atoms with E-state index in [9.17, 15) is 14.4 Å². The van der Waals surface area contributed by atoms with Gasteiger partial charge >= 0.3 is 5.97 Å². The van der Waals surface area contributed by atoms with Crippen LogP contribution in [0.2, 0.25) is 0 Å². The summed E-state index contributed by atoms with van der Waals surface area (Å²) in [6.45, 7) is 8.53. The number of unbranched alkanes of at least 4 members (excludes halogenated alkanes) is 1. The van der Waals surface area contributed by atoms with Crippen molar-refractivity contribution < 1.29 is 19.1 Å². The number of carbonyl (C=O) groups is 3. The van der Waals surface area contributed by atoms with Gasteiger partial charge in [0.25, 0.3) is 0 Å². The van der Waals surface area contributed by atoms with E-state index in [1.807, 2.05) is 6.07 Å². The summed E-state index contributed by atoms with van der Waals surface area (Å²) in [5.74, 6) is 0.0134. The Morgan fingerprint density at radius 2 is 1.88 bits per heavy atom. The van der Waals surface area contributed by atoms with E-state index >= 15 is 0 Å². The van der Waals surface area contributed by atoms with Crippen molar-refractivity contribution >= 4 is 17.8 Å². The van der Waals surface area contributed by atoms with Crippen molar-refractivity contribution in [3.05, 3.63) is 35.9 Å². The van der Waals surface area contributed by atoms with Crippen LogP contribution in [0.1, 0.15) is 71.3 Å². The summed E-state index contributed by atoms with van der Waals surface area (Å²) >= 11 is 0. The van der Waals surface area contributed by atoms with Gasteiger partial charge in [-0.3, -0.25) is 19.3 Å². The summed E-state index contributed by atoms with van der Waals surface area (Å²) in [5, 5.41) is 6.21. The summed E-state index contributed by atoms with van der Waals surface area (Å²) in [6, 6.07) is 10.2. The molecule has 1 aromatic rings. The smallest absolute Gasteiger partial charge is 0.306 e. The van der Waals surface area contributed by atoms with E-state index in [4.69, 9.17) is 4.74 Å². The Morgan fingerprint density at radius 1 is 1.12 bits per heavy atom. The molecule has 7 nitrogen and oxygen atoms in total. The third-order valence-corrected chi connectivity index (χ3v) is 6.14. The fourth-order valence-electron chi connectivity index (χ4n) is 4.55. The molecular weight excluding hydrogens is 430 g/mol. The molecule has 2 atom stereocenters. The number of hydrogen-bond acceptors (Lipinski definition) is 5. The van der Waals surface area contributed by atoms with Gasteiger partial charge < -0.3 is 15.4 Å². The van der Waals surface area contributed by atoms with Crippen molar-refractivity contribution in [3.8, 4) is 0 Å². The van der Waals surface area contributed by atoms with Crippen molar-refractivity contribution in [1.82, 2.24) is 15.5 Å².